The summed E-state index contributed by atoms with van der Waals surface area (Å²) in [4.78, 5) is 0. The maximum Gasteiger partial charge on any atom is 0.350 e. The smallest absolute Gasteiger partial charge is 0.350 e. The Labute approximate surface area is 146 Å². The second-order valence-electron chi connectivity index (χ2n) is 8.06. The number of hydrogen-bond donors (Lipinski definition) is 0. The summed E-state index contributed by atoms with van der Waals surface area (Å²) in [5.74, 6) is 0. The average Bonchev–Trinajstić information content (AvgIpc) is 2.35. The molecule has 0 saturated carbocycles. The number of rotatable bonds is 8. The fourth-order valence-corrected chi connectivity index (χ4v) is 18.7. The van der Waals surface area contributed by atoms with Gasteiger partial charge in [-0.3, -0.25) is 0 Å². The van der Waals surface area contributed by atoms with Gasteiger partial charge in [0.1, 0.15) is 0 Å². The van der Waals surface area contributed by atoms with Crippen molar-refractivity contribution in [1.29, 1.82) is 0 Å². The SMILES string of the molecule is C=C[Si](C)(O[Si](C)(C)C)O[Si](C)(O[Si](C)(C)C)c1ccccc1. The van der Waals surface area contributed by atoms with E-state index in [2.05, 4.69) is 71.1 Å². The molecule has 0 aromatic heterocycles. The van der Waals surface area contributed by atoms with E-state index in [1.165, 1.54) is 0 Å². The topological polar surface area (TPSA) is 27.7 Å². The van der Waals surface area contributed by atoms with Crippen LogP contribution in [0.3, 0.4) is 0 Å². The molecule has 0 fully saturated rings. The summed E-state index contributed by atoms with van der Waals surface area (Å²) in [6.07, 6.45) is 0. The molecule has 0 saturated heterocycles. The van der Waals surface area contributed by atoms with Crippen LogP contribution in [0.1, 0.15) is 0 Å². The maximum absolute atomic E-state index is 6.70. The van der Waals surface area contributed by atoms with E-state index < -0.39 is 33.8 Å². The summed E-state index contributed by atoms with van der Waals surface area (Å²) in [5.41, 5.74) is 1.90. The van der Waals surface area contributed by atoms with E-state index in [9.17, 15) is 0 Å². The molecule has 0 heterocycles. The van der Waals surface area contributed by atoms with Gasteiger partial charge in [-0.2, -0.15) is 0 Å². The molecular weight excluding hydrogens is 353 g/mol. The van der Waals surface area contributed by atoms with Gasteiger partial charge in [-0.1, -0.05) is 36.0 Å². The van der Waals surface area contributed by atoms with Gasteiger partial charge < -0.3 is 12.3 Å². The first-order chi connectivity index (χ1) is 10.3. The van der Waals surface area contributed by atoms with Gasteiger partial charge in [0.25, 0.3) is 0 Å². The highest BCUT2D eigenvalue weighted by Crippen LogP contribution is 2.24. The molecule has 2 unspecified atom stereocenters. The van der Waals surface area contributed by atoms with Gasteiger partial charge in [0.15, 0.2) is 16.6 Å². The van der Waals surface area contributed by atoms with E-state index in [-0.39, 0.29) is 0 Å². The molecule has 3 nitrogen and oxygen atoms in total. The molecule has 7 heteroatoms. The second-order valence-corrected chi connectivity index (χ2v) is 23.9. The third-order valence-electron chi connectivity index (χ3n) is 3.08. The van der Waals surface area contributed by atoms with E-state index in [1.807, 2.05) is 23.9 Å². The fourth-order valence-electron chi connectivity index (χ4n) is 2.56. The molecule has 2 atom stereocenters. The van der Waals surface area contributed by atoms with Gasteiger partial charge in [0.2, 0.25) is 0 Å². The predicted octanol–water partition coefficient (Wildman–Crippen LogP) is 4.48. The minimum Gasteiger partial charge on any atom is -0.434 e. The molecule has 1 aromatic carbocycles. The van der Waals surface area contributed by atoms with E-state index in [0.717, 1.165) is 5.19 Å². The predicted molar refractivity (Wildman–Crippen MR) is 109 cm³/mol. The van der Waals surface area contributed by atoms with Crippen LogP contribution in [0.25, 0.3) is 0 Å². The molecular formula is C16H32O3Si4. The maximum atomic E-state index is 6.70. The van der Waals surface area contributed by atoms with Crippen LogP contribution in [0.5, 0.6) is 0 Å². The van der Waals surface area contributed by atoms with Gasteiger partial charge >= 0.3 is 17.1 Å². The molecule has 1 aromatic rings. The van der Waals surface area contributed by atoms with Crippen LogP contribution in [0.15, 0.2) is 42.6 Å². The summed E-state index contributed by atoms with van der Waals surface area (Å²) >= 11 is 0. The second kappa shape index (κ2) is 7.30. The molecule has 1 rings (SSSR count). The Kier molecular flexibility index (Phi) is 6.59. The molecule has 0 spiro atoms. The minimum absolute atomic E-state index is 1.15. The molecule has 0 radical (unpaired) electrons. The zero-order chi connectivity index (χ0) is 17.9. The normalized spacial score (nSPS) is 18.1. The van der Waals surface area contributed by atoms with Crippen molar-refractivity contribution in [3.05, 3.63) is 42.6 Å². The number of hydrogen-bond acceptors (Lipinski definition) is 3. The van der Waals surface area contributed by atoms with Crippen molar-refractivity contribution >= 4 is 38.9 Å². The quantitative estimate of drug-likeness (QED) is 0.618. The highest BCUT2D eigenvalue weighted by Gasteiger charge is 2.46. The summed E-state index contributed by atoms with van der Waals surface area (Å²) in [5, 5.41) is 1.15. The van der Waals surface area contributed by atoms with Crippen molar-refractivity contribution < 1.29 is 12.3 Å². The molecule has 0 N–H and O–H groups in total. The summed E-state index contributed by atoms with van der Waals surface area (Å²) in [6, 6.07) is 10.3. The highest BCUT2D eigenvalue weighted by molar-refractivity contribution is 6.96. The zero-order valence-corrected chi connectivity index (χ0v) is 19.9. The van der Waals surface area contributed by atoms with Crippen molar-refractivity contribution in [3.8, 4) is 0 Å². The van der Waals surface area contributed by atoms with E-state index in [1.54, 1.807) is 0 Å². The largest absolute Gasteiger partial charge is 0.434 e. The standard InChI is InChI=1S/C16H32O3Si4/c1-10-22(8,17-20(2,3)4)19-23(9,18-21(5,6)7)16-14-12-11-13-15-16/h10-15H,1H2,2-9H3. The number of benzene rings is 1. The minimum atomic E-state index is -2.57. The van der Waals surface area contributed by atoms with Crippen molar-refractivity contribution in [3.63, 3.8) is 0 Å². The zero-order valence-electron chi connectivity index (χ0n) is 15.9. The summed E-state index contributed by atoms with van der Waals surface area (Å²) in [6.45, 7) is 21.4. The van der Waals surface area contributed by atoms with Crippen LogP contribution in [-0.2, 0) is 12.3 Å². The molecule has 23 heavy (non-hydrogen) atoms. The molecule has 0 bridgehead atoms. The van der Waals surface area contributed by atoms with Gasteiger partial charge in [0, 0.05) is 0 Å². The van der Waals surface area contributed by atoms with Crippen molar-refractivity contribution in [2.24, 2.45) is 0 Å². The first-order valence-electron chi connectivity index (χ1n) is 8.08. The van der Waals surface area contributed by atoms with Crippen LogP contribution in [0, 0.1) is 0 Å². The Hall–Kier alpha value is -0.292. The molecule has 0 aliphatic heterocycles. The summed E-state index contributed by atoms with van der Waals surface area (Å²) in [7, 11) is -8.56. The monoisotopic (exact) mass is 384 g/mol. The first-order valence-corrected chi connectivity index (χ1v) is 19.6. The molecule has 0 aliphatic carbocycles. The van der Waals surface area contributed by atoms with Crippen molar-refractivity contribution in [1.82, 2.24) is 0 Å². The highest BCUT2D eigenvalue weighted by atomic mass is 28.5. The van der Waals surface area contributed by atoms with Crippen LogP contribution in [0.2, 0.25) is 52.4 Å². The van der Waals surface area contributed by atoms with E-state index in [0.29, 0.717) is 0 Å². The molecule has 0 amide bonds. The summed E-state index contributed by atoms with van der Waals surface area (Å²) < 4.78 is 19.7. The van der Waals surface area contributed by atoms with Crippen LogP contribution >= 0.6 is 0 Å². The lowest BCUT2D eigenvalue weighted by atomic mass is 10.4. The van der Waals surface area contributed by atoms with Crippen molar-refractivity contribution in [2.45, 2.75) is 52.4 Å². The van der Waals surface area contributed by atoms with Crippen LogP contribution in [-0.4, -0.2) is 33.8 Å². The van der Waals surface area contributed by atoms with Crippen LogP contribution in [0.4, 0.5) is 0 Å². The van der Waals surface area contributed by atoms with Gasteiger partial charge in [-0.05, 0) is 57.6 Å². The Morgan fingerprint density at radius 3 is 1.61 bits per heavy atom. The van der Waals surface area contributed by atoms with Crippen molar-refractivity contribution in [2.75, 3.05) is 0 Å². The molecule has 130 valence electrons. The lowest BCUT2D eigenvalue weighted by Gasteiger charge is -2.41. The van der Waals surface area contributed by atoms with E-state index >= 15 is 0 Å². The first kappa shape index (κ1) is 20.8. The Bertz CT molecular complexity index is 524. The molecule has 0 aliphatic rings. The lowest BCUT2D eigenvalue weighted by Crippen LogP contribution is -2.63. The fraction of sp³-hybridized carbons (Fsp3) is 0.500. The lowest BCUT2D eigenvalue weighted by molar-refractivity contribution is 0.342. The third-order valence-corrected chi connectivity index (χ3v) is 16.5. The van der Waals surface area contributed by atoms with E-state index in [4.69, 9.17) is 12.3 Å². The Balaban J connectivity index is 3.22. The van der Waals surface area contributed by atoms with Gasteiger partial charge in [-0.25, -0.2) is 0 Å². The van der Waals surface area contributed by atoms with Gasteiger partial charge in [-0.15, -0.1) is 6.58 Å². The van der Waals surface area contributed by atoms with Crippen LogP contribution < -0.4 is 5.19 Å². The average molecular weight is 385 g/mol. The third kappa shape index (κ3) is 7.00. The Morgan fingerprint density at radius 2 is 1.22 bits per heavy atom. The Morgan fingerprint density at radius 1 is 0.739 bits per heavy atom. The van der Waals surface area contributed by atoms with Gasteiger partial charge in [0.05, 0.1) is 0 Å².